The Morgan fingerprint density at radius 2 is 1.41 bits per heavy atom. The van der Waals surface area contributed by atoms with Crippen molar-refractivity contribution in [2.45, 2.75) is 74.7 Å². The van der Waals surface area contributed by atoms with Crippen LogP contribution in [0.4, 0.5) is 0 Å². The molecule has 1 aromatic rings. The Morgan fingerprint density at radius 3 is 1.73 bits per heavy atom. The topological polar surface area (TPSA) is 0 Å². The molecule has 1 heteroatoms. The highest BCUT2D eigenvalue weighted by Crippen LogP contribution is 2.32. The molecule has 0 amide bonds. The Balaban J connectivity index is -0.000000446. The Morgan fingerprint density at radius 1 is 0.909 bits per heavy atom. The molecule has 0 unspecified atom stereocenters. The molecule has 0 saturated heterocycles. The molecule has 0 N–H and O–H groups in total. The predicted octanol–water partition coefficient (Wildman–Crippen LogP) is 8.49. The van der Waals surface area contributed by atoms with Crippen LogP contribution >= 0.6 is 11.3 Å². The van der Waals surface area contributed by atoms with Gasteiger partial charge >= 0.3 is 0 Å². The van der Waals surface area contributed by atoms with Gasteiger partial charge in [-0.25, -0.2) is 0 Å². The van der Waals surface area contributed by atoms with Crippen molar-refractivity contribution in [3.05, 3.63) is 40.1 Å². The second-order valence-corrected chi connectivity index (χ2v) is 5.17. The summed E-state index contributed by atoms with van der Waals surface area (Å²) in [5.41, 5.74) is 2.69. The molecule has 1 aromatic heterocycles. The van der Waals surface area contributed by atoms with E-state index in [0.29, 0.717) is 0 Å². The maximum Gasteiger partial charge on any atom is 0.0348 e. The lowest BCUT2D eigenvalue weighted by atomic mass is 10.0. The standard InChI is InChI=1S/C14H18S.C3H8.2C2H6/c1-5-9-12-11(7-3)14(10-6-2)15-13(12)8-4;1-3-2;2*1-2/h6-8,10H,3-5,9H2,1-2H3;3H2,1-2H3;2*1-2H3/b10-6-;;;. The number of thiophene rings is 1. The number of allylic oxidation sites excluding steroid dienone is 1. The van der Waals surface area contributed by atoms with E-state index in [0.717, 1.165) is 12.8 Å². The van der Waals surface area contributed by atoms with Crippen molar-refractivity contribution in [2.24, 2.45) is 0 Å². The zero-order valence-corrected chi connectivity index (χ0v) is 17.1. The van der Waals surface area contributed by atoms with Crippen LogP contribution in [0.1, 0.15) is 89.1 Å². The zero-order valence-electron chi connectivity index (χ0n) is 16.3. The Bertz CT molecular complexity index is 394. The molecule has 0 saturated carbocycles. The van der Waals surface area contributed by atoms with E-state index in [2.05, 4.69) is 46.1 Å². The lowest BCUT2D eigenvalue weighted by Crippen LogP contribution is -1.86. The van der Waals surface area contributed by atoms with Gasteiger partial charge in [-0.3, -0.25) is 0 Å². The van der Waals surface area contributed by atoms with E-state index in [1.807, 2.05) is 46.8 Å². The van der Waals surface area contributed by atoms with Gasteiger partial charge in [0.05, 0.1) is 0 Å². The first kappa shape index (κ1) is 25.9. The highest BCUT2D eigenvalue weighted by molar-refractivity contribution is 7.14. The third kappa shape index (κ3) is 9.78. The fourth-order valence-electron chi connectivity index (χ4n) is 1.69. The summed E-state index contributed by atoms with van der Waals surface area (Å²) in [5, 5.41) is 0. The Hall–Kier alpha value is -1.08. The summed E-state index contributed by atoms with van der Waals surface area (Å²) < 4.78 is 0. The van der Waals surface area contributed by atoms with Crippen LogP contribution in [0.15, 0.2) is 19.2 Å². The largest absolute Gasteiger partial charge is 0.136 e. The molecule has 0 fully saturated rings. The summed E-state index contributed by atoms with van der Waals surface area (Å²) in [6.07, 6.45) is 11.7. The van der Waals surface area contributed by atoms with E-state index in [9.17, 15) is 0 Å². The van der Waals surface area contributed by atoms with Crippen LogP contribution in [0.5, 0.6) is 0 Å². The SMILES string of the molecule is C=Cc1sc(/C=C\C)c(C=C)c1CCC.CC.CC.CCC. The third-order valence-corrected chi connectivity index (χ3v) is 3.52. The fraction of sp³-hybridized carbons (Fsp3) is 0.524. The molecular formula is C21H38S. The molecule has 0 nitrogen and oxygen atoms in total. The summed E-state index contributed by atoms with van der Waals surface area (Å²) >= 11 is 1.80. The number of hydrogen-bond acceptors (Lipinski definition) is 1. The predicted molar refractivity (Wildman–Crippen MR) is 112 cm³/mol. The van der Waals surface area contributed by atoms with Gasteiger partial charge in [0, 0.05) is 9.75 Å². The monoisotopic (exact) mass is 322 g/mol. The molecule has 0 spiro atoms. The summed E-state index contributed by atoms with van der Waals surface area (Å²) in [6, 6.07) is 0. The first-order valence-corrected chi connectivity index (χ1v) is 9.54. The number of hydrogen-bond donors (Lipinski definition) is 0. The lowest BCUT2D eigenvalue weighted by molar-refractivity contribution is 0.922. The van der Waals surface area contributed by atoms with Crippen molar-refractivity contribution >= 4 is 29.6 Å². The van der Waals surface area contributed by atoms with Gasteiger partial charge < -0.3 is 0 Å². The van der Waals surface area contributed by atoms with E-state index in [4.69, 9.17) is 0 Å². The van der Waals surface area contributed by atoms with Gasteiger partial charge in [0.25, 0.3) is 0 Å². The zero-order chi connectivity index (χ0) is 18.0. The van der Waals surface area contributed by atoms with Crippen LogP contribution in [0.3, 0.4) is 0 Å². The minimum absolute atomic E-state index is 1.11. The van der Waals surface area contributed by atoms with Crippen LogP contribution in [0, 0.1) is 0 Å². The second kappa shape index (κ2) is 19.9. The first-order valence-electron chi connectivity index (χ1n) is 8.73. The maximum atomic E-state index is 3.90. The van der Waals surface area contributed by atoms with Gasteiger partial charge in [-0.2, -0.15) is 0 Å². The van der Waals surface area contributed by atoms with Gasteiger partial charge in [-0.05, 0) is 30.5 Å². The van der Waals surface area contributed by atoms with Crippen molar-refractivity contribution in [1.29, 1.82) is 0 Å². The summed E-state index contributed by atoms with van der Waals surface area (Å²) in [4.78, 5) is 2.59. The van der Waals surface area contributed by atoms with Crippen LogP contribution < -0.4 is 0 Å². The molecule has 128 valence electrons. The van der Waals surface area contributed by atoms with Crippen molar-refractivity contribution in [3.63, 3.8) is 0 Å². The summed E-state index contributed by atoms with van der Waals surface area (Å²) in [7, 11) is 0. The Kier molecular flexibility index (Phi) is 23.4. The van der Waals surface area contributed by atoms with Crippen LogP contribution in [0.2, 0.25) is 0 Å². The molecular weight excluding hydrogens is 284 g/mol. The van der Waals surface area contributed by atoms with E-state index >= 15 is 0 Å². The average Bonchev–Trinajstić information content (AvgIpc) is 2.89. The van der Waals surface area contributed by atoms with E-state index < -0.39 is 0 Å². The molecule has 0 aliphatic carbocycles. The maximum absolute atomic E-state index is 3.90. The second-order valence-electron chi connectivity index (χ2n) is 4.09. The summed E-state index contributed by atoms with van der Waals surface area (Å²) in [5.74, 6) is 0. The van der Waals surface area contributed by atoms with Crippen LogP contribution in [0.25, 0.3) is 18.2 Å². The van der Waals surface area contributed by atoms with E-state index in [-0.39, 0.29) is 0 Å². The van der Waals surface area contributed by atoms with E-state index in [1.54, 1.807) is 11.3 Å². The van der Waals surface area contributed by atoms with Crippen molar-refractivity contribution in [3.8, 4) is 0 Å². The van der Waals surface area contributed by atoms with Crippen LogP contribution in [-0.4, -0.2) is 0 Å². The smallest absolute Gasteiger partial charge is 0.0348 e. The molecule has 0 atom stereocenters. The lowest BCUT2D eigenvalue weighted by Gasteiger charge is -2.00. The minimum atomic E-state index is 1.11. The minimum Gasteiger partial charge on any atom is -0.136 e. The van der Waals surface area contributed by atoms with Crippen molar-refractivity contribution < 1.29 is 0 Å². The van der Waals surface area contributed by atoms with Gasteiger partial charge in [0.2, 0.25) is 0 Å². The quantitative estimate of drug-likeness (QED) is 0.509. The van der Waals surface area contributed by atoms with Gasteiger partial charge in [0.15, 0.2) is 0 Å². The first-order chi connectivity index (χ1) is 10.7. The normalized spacial score (nSPS) is 8.73. The molecule has 0 radical (unpaired) electrons. The highest BCUT2D eigenvalue weighted by Gasteiger charge is 2.11. The molecule has 0 aromatic carbocycles. The van der Waals surface area contributed by atoms with Crippen molar-refractivity contribution in [2.75, 3.05) is 0 Å². The molecule has 0 aliphatic rings. The third-order valence-electron chi connectivity index (χ3n) is 2.32. The van der Waals surface area contributed by atoms with Gasteiger partial charge in [0.1, 0.15) is 0 Å². The molecule has 22 heavy (non-hydrogen) atoms. The fourth-order valence-corrected chi connectivity index (χ4v) is 2.86. The highest BCUT2D eigenvalue weighted by atomic mass is 32.1. The Labute approximate surface area is 144 Å². The van der Waals surface area contributed by atoms with Crippen LogP contribution in [-0.2, 0) is 6.42 Å². The number of rotatable bonds is 5. The van der Waals surface area contributed by atoms with Gasteiger partial charge in [-0.1, -0.05) is 92.7 Å². The molecule has 1 rings (SSSR count). The molecule has 0 bridgehead atoms. The van der Waals surface area contributed by atoms with Crippen molar-refractivity contribution in [1.82, 2.24) is 0 Å². The summed E-state index contributed by atoms with van der Waals surface area (Å²) in [6.45, 7) is 24.3. The van der Waals surface area contributed by atoms with Gasteiger partial charge in [-0.15, -0.1) is 11.3 Å². The van der Waals surface area contributed by atoms with E-state index in [1.165, 1.54) is 27.3 Å². The average molecular weight is 323 g/mol. The molecule has 1 heterocycles. The molecule has 0 aliphatic heterocycles.